The molecule has 7 heteroatoms. The second-order valence-corrected chi connectivity index (χ2v) is 5.75. The number of amides is 1. The number of nitro benzene ring substituents is 1. The van der Waals surface area contributed by atoms with Gasteiger partial charge in [-0.1, -0.05) is 12.1 Å². The van der Waals surface area contributed by atoms with Gasteiger partial charge in [0.15, 0.2) is 0 Å². The van der Waals surface area contributed by atoms with E-state index in [1.165, 1.54) is 12.3 Å². The van der Waals surface area contributed by atoms with Gasteiger partial charge in [-0.15, -0.1) is 0 Å². The molecule has 0 saturated carbocycles. The summed E-state index contributed by atoms with van der Waals surface area (Å²) in [5, 5.41) is 14.7. The topological polar surface area (TPSA) is 84.6 Å². The Hall–Kier alpha value is -2.29. The lowest BCUT2D eigenvalue weighted by Gasteiger charge is -2.00. The van der Waals surface area contributed by atoms with E-state index in [0.717, 1.165) is 3.57 Å². The summed E-state index contributed by atoms with van der Waals surface area (Å²) in [5.74, 6) is -0.339. The van der Waals surface area contributed by atoms with Crippen LogP contribution in [0.5, 0.6) is 0 Å². The first-order chi connectivity index (χ1) is 10.5. The van der Waals surface area contributed by atoms with Gasteiger partial charge in [-0.25, -0.2) is 5.43 Å². The van der Waals surface area contributed by atoms with Crippen molar-refractivity contribution in [1.29, 1.82) is 0 Å². The van der Waals surface area contributed by atoms with E-state index in [-0.39, 0.29) is 11.6 Å². The average molecular weight is 409 g/mol. The molecule has 0 aliphatic heterocycles. The molecular weight excluding hydrogens is 397 g/mol. The molecule has 0 aromatic heterocycles. The number of benzene rings is 2. The Kier molecular flexibility index (Phi) is 5.21. The van der Waals surface area contributed by atoms with Crippen molar-refractivity contribution in [2.45, 2.75) is 6.92 Å². The standard InChI is InChI=1S/C15H12IN3O3/c1-10-2-3-11(8-14(10)19(21)22)9-17-18-15(20)12-4-6-13(16)7-5-12/h2-9H,1H3,(H,18,20)/b17-9-. The van der Waals surface area contributed by atoms with Crippen molar-refractivity contribution in [3.63, 3.8) is 0 Å². The summed E-state index contributed by atoms with van der Waals surface area (Å²) in [4.78, 5) is 22.3. The van der Waals surface area contributed by atoms with Crippen LogP contribution in [0.4, 0.5) is 5.69 Å². The zero-order valence-corrected chi connectivity index (χ0v) is 13.8. The lowest BCUT2D eigenvalue weighted by atomic mass is 10.1. The largest absolute Gasteiger partial charge is 0.272 e. The van der Waals surface area contributed by atoms with E-state index in [9.17, 15) is 14.9 Å². The van der Waals surface area contributed by atoms with Crippen LogP contribution < -0.4 is 5.43 Å². The maximum absolute atomic E-state index is 11.8. The summed E-state index contributed by atoms with van der Waals surface area (Å²) >= 11 is 2.15. The maximum atomic E-state index is 11.8. The van der Waals surface area contributed by atoms with E-state index in [4.69, 9.17) is 0 Å². The van der Waals surface area contributed by atoms with Gasteiger partial charge in [-0.2, -0.15) is 5.10 Å². The smallest absolute Gasteiger partial charge is 0.267 e. The fourth-order valence-corrected chi connectivity index (χ4v) is 2.09. The maximum Gasteiger partial charge on any atom is 0.272 e. The molecule has 0 atom stereocenters. The second-order valence-electron chi connectivity index (χ2n) is 4.51. The molecule has 0 spiro atoms. The Morgan fingerprint density at radius 3 is 2.59 bits per heavy atom. The van der Waals surface area contributed by atoms with Crippen LogP contribution in [-0.2, 0) is 0 Å². The Labute approximate surface area is 140 Å². The monoisotopic (exact) mass is 409 g/mol. The van der Waals surface area contributed by atoms with Gasteiger partial charge in [-0.3, -0.25) is 14.9 Å². The number of aryl methyl sites for hydroxylation is 1. The highest BCUT2D eigenvalue weighted by atomic mass is 127. The van der Waals surface area contributed by atoms with Gasteiger partial charge in [0.05, 0.1) is 11.1 Å². The van der Waals surface area contributed by atoms with E-state index in [1.807, 2.05) is 12.1 Å². The summed E-state index contributed by atoms with van der Waals surface area (Å²) in [6.45, 7) is 1.66. The predicted molar refractivity (Wildman–Crippen MR) is 92.1 cm³/mol. The van der Waals surface area contributed by atoms with Crippen LogP contribution in [-0.4, -0.2) is 17.0 Å². The summed E-state index contributed by atoms with van der Waals surface area (Å²) in [6, 6.07) is 11.8. The molecule has 0 bridgehead atoms. The molecule has 0 aliphatic carbocycles. The van der Waals surface area contributed by atoms with E-state index >= 15 is 0 Å². The molecule has 2 aromatic rings. The first kappa shape index (κ1) is 16.1. The quantitative estimate of drug-likeness (QED) is 0.364. The Bertz CT molecular complexity index is 742. The van der Waals surface area contributed by atoms with Crippen molar-refractivity contribution in [1.82, 2.24) is 5.43 Å². The van der Waals surface area contributed by atoms with Gasteiger partial charge in [-0.05, 0) is 53.8 Å². The van der Waals surface area contributed by atoms with Gasteiger partial charge < -0.3 is 0 Å². The second kappa shape index (κ2) is 7.12. The summed E-state index contributed by atoms with van der Waals surface area (Å²) in [7, 11) is 0. The fourth-order valence-electron chi connectivity index (χ4n) is 1.73. The van der Waals surface area contributed by atoms with Gasteiger partial charge in [0.2, 0.25) is 0 Å². The van der Waals surface area contributed by atoms with Crippen molar-refractivity contribution in [3.05, 3.63) is 72.8 Å². The van der Waals surface area contributed by atoms with Gasteiger partial charge in [0.25, 0.3) is 11.6 Å². The van der Waals surface area contributed by atoms with Gasteiger partial charge in [0, 0.05) is 26.3 Å². The van der Waals surface area contributed by atoms with Gasteiger partial charge >= 0.3 is 0 Å². The molecule has 1 amide bonds. The van der Waals surface area contributed by atoms with E-state index in [2.05, 4.69) is 33.1 Å². The molecule has 0 unspecified atom stereocenters. The zero-order valence-electron chi connectivity index (χ0n) is 11.6. The van der Waals surface area contributed by atoms with Crippen molar-refractivity contribution in [3.8, 4) is 0 Å². The van der Waals surface area contributed by atoms with Crippen LogP contribution in [0, 0.1) is 20.6 Å². The minimum absolute atomic E-state index is 0.0212. The Morgan fingerprint density at radius 2 is 1.95 bits per heavy atom. The number of carbonyl (C=O) groups is 1. The first-order valence-corrected chi connectivity index (χ1v) is 7.39. The third kappa shape index (κ3) is 4.10. The molecule has 1 N–H and O–H groups in total. The molecular formula is C15H12IN3O3. The summed E-state index contributed by atoms with van der Waals surface area (Å²) in [6.07, 6.45) is 1.37. The zero-order chi connectivity index (χ0) is 16.1. The molecule has 22 heavy (non-hydrogen) atoms. The molecule has 0 saturated heterocycles. The number of hydrazone groups is 1. The van der Waals surface area contributed by atoms with Crippen LogP contribution in [0.2, 0.25) is 0 Å². The van der Waals surface area contributed by atoms with Gasteiger partial charge in [0.1, 0.15) is 0 Å². The molecule has 0 fully saturated rings. The van der Waals surface area contributed by atoms with Crippen molar-refractivity contribution >= 4 is 40.4 Å². The van der Waals surface area contributed by atoms with Crippen LogP contribution in [0.15, 0.2) is 47.6 Å². The third-order valence-corrected chi connectivity index (χ3v) is 3.64. The lowest BCUT2D eigenvalue weighted by molar-refractivity contribution is -0.385. The minimum atomic E-state index is -0.448. The van der Waals surface area contributed by atoms with E-state index < -0.39 is 4.92 Å². The molecule has 2 rings (SSSR count). The molecule has 2 aromatic carbocycles. The number of carbonyl (C=O) groups excluding carboxylic acids is 1. The van der Waals surface area contributed by atoms with Crippen LogP contribution in [0.1, 0.15) is 21.5 Å². The molecule has 112 valence electrons. The Morgan fingerprint density at radius 1 is 1.27 bits per heavy atom. The van der Waals surface area contributed by atoms with E-state index in [0.29, 0.717) is 16.7 Å². The number of nitrogens with one attached hydrogen (secondary N) is 1. The number of halogens is 1. The number of rotatable bonds is 4. The number of nitrogens with zero attached hydrogens (tertiary/aromatic N) is 2. The van der Waals surface area contributed by atoms with Crippen molar-refractivity contribution in [2.75, 3.05) is 0 Å². The van der Waals surface area contributed by atoms with Crippen LogP contribution >= 0.6 is 22.6 Å². The number of nitro groups is 1. The van der Waals surface area contributed by atoms with Crippen molar-refractivity contribution < 1.29 is 9.72 Å². The summed E-state index contributed by atoms with van der Waals surface area (Å²) < 4.78 is 1.03. The number of hydrogen-bond acceptors (Lipinski definition) is 4. The molecule has 0 aliphatic rings. The Balaban J connectivity index is 2.06. The lowest BCUT2D eigenvalue weighted by Crippen LogP contribution is -2.17. The van der Waals surface area contributed by atoms with Crippen molar-refractivity contribution in [2.24, 2.45) is 5.10 Å². The normalized spacial score (nSPS) is 10.6. The molecule has 6 nitrogen and oxygen atoms in total. The number of hydrogen-bond donors (Lipinski definition) is 1. The van der Waals surface area contributed by atoms with E-state index in [1.54, 1.807) is 31.2 Å². The van der Waals surface area contributed by atoms with Crippen LogP contribution in [0.25, 0.3) is 0 Å². The first-order valence-electron chi connectivity index (χ1n) is 6.31. The third-order valence-electron chi connectivity index (χ3n) is 2.92. The summed E-state index contributed by atoms with van der Waals surface area (Å²) in [5.41, 5.74) is 4.02. The van der Waals surface area contributed by atoms with Crippen LogP contribution in [0.3, 0.4) is 0 Å². The SMILES string of the molecule is Cc1ccc(/C=N\NC(=O)c2ccc(I)cc2)cc1[N+](=O)[O-]. The highest BCUT2D eigenvalue weighted by Crippen LogP contribution is 2.18. The predicted octanol–water partition coefficient (Wildman–Crippen LogP) is 3.27. The molecule has 0 radical (unpaired) electrons. The minimum Gasteiger partial charge on any atom is -0.267 e. The highest BCUT2D eigenvalue weighted by molar-refractivity contribution is 14.1. The average Bonchev–Trinajstić information content (AvgIpc) is 2.49. The molecule has 0 heterocycles. The fraction of sp³-hybridized carbons (Fsp3) is 0.0667. The highest BCUT2D eigenvalue weighted by Gasteiger charge is 2.10.